The minimum absolute atomic E-state index is 0.112. The molecule has 90 valence electrons. The summed E-state index contributed by atoms with van der Waals surface area (Å²) in [6, 6.07) is 3.62. The van der Waals surface area contributed by atoms with Gasteiger partial charge in [-0.15, -0.1) is 11.3 Å². The summed E-state index contributed by atoms with van der Waals surface area (Å²) in [6.45, 7) is 2.79. The maximum atomic E-state index is 13.7. The van der Waals surface area contributed by atoms with E-state index in [-0.39, 0.29) is 11.9 Å². The topological polar surface area (TPSA) is 24.9 Å². The van der Waals surface area contributed by atoms with Crippen molar-refractivity contribution in [2.75, 3.05) is 6.54 Å². The average Bonchev–Trinajstić information content (AvgIpc) is 2.74. The highest BCUT2D eigenvalue weighted by Crippen LogP contribution is 2.30. The number of hydrogen-bond donors (Lipinski definition) is 1. The maximum absolute atomic E-state index is 13.7. The third-order valence-corrected chi connectivity index (χ3v) is 4.15. The van der Waals surface area contributed by atoms with Gasteiger partial charge in [0.15, 0.2) is 0 Å². The van der Waals surface area contributed by atoms with Gasteiger partial charge in [0.2, 0.25) is 0 Å². The summed E-state index contributed by atoms with van der Waals surface area (Å²) in [5, 5.41) is 5.29. The number of pyridine rings is 1. The van der Waals surface area contributed by atoms with Gasteiger partial charge in [-0.3, -0.25) is 4.98 Å². The van der Waals surface area contributed by atoms with Crippen LogP contribution in [0.25, 0.3) is 0 Å². The SMILES string of the molecule is CCNC(c1cc(Br)cs1)c1ccncc1F. The molecule has 2 aromatic heterocycles. The molecule has 0 amide bonds. The lowest BCUT2D eigenvalue weighted by molar-refractivity contribution is 0.558. The zero-order valence-electron chi connectivity index (χ0n) is 9.28. The molecule has 1 unspecified atom stereocenters. The molecule has 2 aromatic rings. The molecule has 0 aliphatic carbocycles. The highest BCUT2D eigenvalue weighted by molar-refractivity contribution is 9.10. The van der Waals surface area contributed by atoms with Crippen molar-refractivity contribution in [1.82, 2.24) is 10.3 Å². The van der Waals surface area contributed by atoms with Gasteiger partial charge < -0.3 is 5.32 Å². The Hall–Kier alpha value is -0.780. The standard InChI is InChI=1S/C12H12BrFN2S/c1-2-16-12(11-5-8(13)7-17-11)9-3-4-15-6-10(9)14/h3-7,12,16H,2H2,1H3. The lowest BCUT2D eigenvalue weighted by atomic mass is 10.1. The van der Waals surface area contributed by atoms with Crippen molar-refractivity contribution in [1.29, 1.82) is 0 Å². The van der Waals surface area contributed by atoms with Gasteiger partial charge in [-0.1, -0.05) is 6.92 Å². The lowest BCUT2D eigenvalue weighted by Gasteiger charge is -2.17. The number of thiophene rings is 1. The van der Waals surface area contributed by atoms with Crippen molar-refractivity contribution >= 4 is 27.3 Å². The summed E-state index contributed by atoms with van der Waals surface area (Å²) in [5.41, 5.74) is 0.635. The fourth-order valence-electron chi connectivity index (χ4n) is 1.67. The molecule has 0 spiro atoms. The second kappa shape index (κ2) is 5.71. The molecule has 0 bridgehead atoms. The maximum Gasteiger partial charge on any atom is 0.146 e. The smallest absolute Gasteiger partial charge is 0.146 e. The average molecular weight is 315 g/mol. The number of hydrogen-bond acceptors (Lipinski definition) is 3. The largest absolute Gasteiger partial charge is 0.306 e. The van der Waals surface area contributed by atoms with E-state index in [1.165, 1.54) is 6.20 Å². The van der Waals surface area contributed by atoms with E-state index in [9.17, 15) is 4.39 Å². The highest BCUT2D eigenvalue weighted by atomic mass is 79.9. The summed E-state index contributed by atoms with van der Waals surface area (Å²) < 4.78 is 14.8. The van der Waals surface area contributed by atoms with Crippen molar-refractivity contribution in [3.63, 3.8) is 0 Å². The van der Waals surface area contributed by atoms with Crippen molar-refractivity contribution in [3.8, 4) is 0 Å². The summed E-state index contributed by atoms with van der Waals surface area (Å²) in [4.78, 5) is 4.86. The Morgan fingerprint density at radius 1 is 1.59 bits per heavy atom. The van der Waals surface area contributed by atoms with Crippen molar-refractivity contribution in [2.45, 2.75) is 13.0 Å². The molecule has 2 rings (SSSR count). The van der Waals surface area contributed by atoms with E-state index < -0.39 is 0 Å². The molecule has 0 fully saturated rings. The summed E-state index contributed by atoms with van der Waals surface area (Å²) >= 11 is 5.02. The van der Waals surface area contributed by atoms with Gasteiger partial charge >= 0.3 is 0 Å². The molecule has 0 aliphatic rings. The Bertz CT molecular complexity index is 501. The van der Waals surface area contributed by atoms with Gasteiger partial charge in [0, 0.05) is 26.5 Å². The van der Waals surface area contributed by atoms with Gasteiger partial charge in [0.05, 0.1) is 12.2 Å². The number of nitrogens with zero attached hydrogens (tertiary/aromatic N) is 1. The van der Waals surface area contributed by atoms with Crippen LogP contribution in [0.4, 0.5) is 4.39 Å². The van der Waals surface area contributed by atoms with Crippen molar-refractivity contribution < 1.29 is 4.39 Å². The van der Waals surface area contributed by atoms with E-state index in [1.54, 1.807) is 23.6 Å². The van der Waals surface area contributed by atoms with Crippen LogP contribution in [-0.4, -0.2) is 11.5 Å². The summed E-state index contributed by atoms with van der Waals surface area (Å²) in [5.74, 6) is -0.275. The molecule has 0 saturated carbocycles. The molecule has 5 heteroatoms. The first-order valence-corrected chi connectivity index (χ1v) is 6.96. The predicted molar refractivity (Wildman–Crippen MR) is 71.7 cm³/mol. The van der Waals surface area contributed by atoms with Crippen molar-refractivity contribution in [3.05, 3.63) is 50.6 Å². The second-order valence-electron chi connectivity index (χ2n) is 3.56. The normalized spacial score (nSPS) is 12.6. The van der Waals surface area contributed by atoms with E-state index in [1.807, 2.05) is 18.4 Å². The number of rotatable bonds is 4. The Labute approximate surface area is 112 Å². The summed E-state index contributed by atoms with van der Waals surface area (Å²) in [7, 11) is 0. The van der Waals surface area contributed by atoms with E-state index >= 15 is 0 Å². The van der Waals surface area contributed by atoms with Gasteiger partial charge in [-0.25, -0.2) is 4.39 Å². The van der Waals surface area contributed by atoms with Crippen LogP contribution < -0.4 is 5.32 Å². The van der Waals surface area contributed by atoms with Crippen LogP contribution >= 0.6 is 27.3 Å². The molecule has 0 saturated heterocycles. The molecule has 0 radical (unpaired) electrons. The zero-order chi connectivity index (χ0) is 12.3. The Kier molecular flexibility index (Phi) is 4.25. The lowest BCUT2D eigenvalue weighted by Crippen LogP contribution is -2.22. The molecule has 17 heavy (non-hydrogen) atoms. The van der Waals surface area contributed by atoms with Crippen LogP contribution in [0.5, 0.6) is 0 Å². The highest BCUT2D eigenvalue weighted by Gasteiger charge is 2.18. The van der Waals surface area contributed by atoms with Gasteiger partial charge in [0.1, 0.15) is 5.82 Å². The van der Waals surface area contributed by atoms with Crippen LogP contribution in [0, 0.1) is 5.82 Å². The second-order valence-corrected chi connectivity index (χ2v) is 5.41. The first-order chi connectivity index (χ1) is 8.22. The quantitative estimate of drug-likeness (QED) is 0.929. The van der Waals surface area contributed by atoms with Crippen LogP contribution in [-0.2, 0) is 0 Å². The molecule has 2 nitrogen and oxygen atoms in total. The minimum Gasteiger partial charge on any atom is -0.306 e. The molecule has 0 aromatic carbocycles. The molecular formula is C12H12BrFN2S. The predicted octanol–water partition coefficient (Wildman–Crippen LogP) is 3.74. The number of aromatic nitrogens is 1. The third kappa shape index (κ3) is 2.91. The Balaban J connectivity index is 2.39. The minimum atomic E-state index is -0.275. The van der Waals surface area contributed by atoms with E-state index in [0.29, 0.717) is 5.56 Å². The Morgan fingerprint density at radius 3 is 3.00 bits per heavy atom. The van der Waals surface area contributed by atoms with Crippen LogP contribution in [0.2, 0.25) is 0 Å². The molecule has 2 heterocycles. The fourth-order valence-corrected chi connectivity index (χ4v) is 3.20. The van der Waals surface area contributed by atoms with E-state index in [0.717, 1.165) is 15.9 Å². The van der Waals surface area contributed by atoms with Crippen LogP contribution in [0.3, 0.4) is 0 Å². The molecular weight excluding hydrogens is 303 g/mol. The monoisotopic (exact) mass is 314 g/mol. The number of halogens is 2. The van der Waals surface area contributed by atoms with Crippen LogP contribution in [0.15, 0.2) is 34.4 Å². The van der Waals surface area contributed by atoms with E-state index in [2.05, 4.69) is 26.2 Å². The van der Waals surface area contributed by atoms with Gasteiger partial charge in [0.25, 0.3) is 0 Å². The molecule has 1 N–H and O–H groups in total. The molecule has 1 atom stereocenters. The summed E-state index contributed by atoms with van der Waals surface area (Å²) in [6.07, 6.45) is 2.87. The van der Waals surface area contributed by atoms with Gasteiger partial charge in [-0.2, -0.15) is 0 Å². The van der Waals surface area contributed by atoms with E-state index in [4.69, 9.17) is 0 Å². The Morgan fingerprint density at radius 2 is 2.41 bits per heavy atom. The number of nitrogens with one attached hydrogen (secondary N) is 1. The molecule has 0 aliphatic heterocycles. The first kappa shape index (κ1) is 12.7. The van der Waals surface area contributed by atoms with Crippen LogP contribution in [0.1, 0.15) is 23.4 Å². The third-order valence-electron chi connectivity index (χ3n) is 2.40. The van der Waals surface area contributed by atoms with Crippen molar-refractivity contribution in [2.24, 2.45) is 0 Å². The fraction of sp³-hybridized carbons (Fsp3) is 0.250. The first-order valence-electron chi connectivity index (χ1n) is 5.29. The zero-order valence-corrected chi connectivity index (χ0v) is 11.7. The van der Waals surface area contributed by atoms with Gasteiger partial charge in [-0.05, 0) is 34.6 Å².